The van der Waals surface area contributed by atoms with Crippen LogP contribution in [-0.4, -0.2) is 25.5 Å². The minimum atomic E-state index is -0.284. The summed E-state index contributed by atoms with van der Waals surface area (Å²) in [4.78, 5) is 11.3. The Morgan fingerprint density at radius 2 is 1.92 bits per heavy atom. The zero-order valence-electron chi connectivity index (χ0n) is 8.69. The predicted molar refractivity (Wildman–Crippen MR) is 51.0 cm³/mol. The largest absolute Gasteiger partial charge is 0.354 e. The molecule has 0 aliphatic rings. The Balaban J connectivity index is 3.73. The van der Waals surface area contributed by atoms with E-state index in [1.807, 2.05) is 34.7 Å². The first kappa shape index (κ1) is 11.4. The first-order chi connectivity index (χ1) is 5.38. The van der Waals surface area contributed by atoms with Crippen LogP contribution in [-0.2, 0) is 4.79 Å². The van der Waals surface area contributed by atoms with Crippen molar-refractivity contribution in [3.05, 3.63) is 0 Å². The minimum Gasteiger partial charge on any atom is -0.354 e. The van der Waals surface area contributed by atoms with E-state index in [9.17, 15) is 4.79 Å². The first-order valence-corrected chi connectivity index (χ1v) is 4.33. The van der Waals surface area contributed by atoms with Crippen molar-refractivity contribution in [2.75, 3.05) is 13.6 Å². The highest BCUT2D eigenvalue weighted by Crippen LogP contribution is 2.11. The number of carbonyl (C=O) groups excluding carboxylic acids is 1. The molecule has 0 aliphatic heterocycles. The molecule has 0 aliphatic carbocycles. The lowest BCUT2D eigenvalue weighted by atomic mass is 9.96. The van der Waals surface area contributed by atoms with Crippen molar-refractivity contribution in [2.24, 2.45) is 5.41 Å². The van der Waals surface area contributed by atoms with E-state index in [4.69, 9.17) is 0 Å². The molecule has 0 aromatic rings. The second-order valence-electron chi connectivity index (χ2n) is 4.15. The topological polar surface area (TPSA) is 41.1 Å². The van der Waals surface area contributed by atoms with E-state index in [1.54, 1.807) is 0 Å². The van der Waals surface area contributed by atoms with E-state index in [0.717, 1.165) is 0 Å². The van der Waals surface area contributed by atoms with Gasteiger partial charge in [0.15, 0.2) is 0 Å². The highest BCUT2D eigenvalue weighted by molar-refractivity contribution is 5.81. The summed E-state index contributed by atoms with van der Waals surface area (Å²) in [6.45, 7) is 8.45. The highest BCUT2D eigenvalue weighted by Gasteiger charge is 2.20. The summed E-state index contributed by atoms with van der Waals surface area (Å²) in [5, 5.41) is 5.93. The van der Waals surface area contributed by atoms with Crippen molar-refractivity contribution in [3.8, 4) is 0 Å². The number of hydrogen-bond acceptors (Lipinski definition) is 2. The predicted octanol–water partition coefficient (Wildman–Crippen LogP) is 0.757. The van der Waals surface area contributed by atoms with Crippen LogP contribution in [0.15, 0.2) is 0 Å². The Bertz CT molecular complexity index is 149. The Labute approximate surface area is 74.9 Å². The van der Waals surface area contributed by atoms with Gasteiger partial charge in [-0.05, 0) is 14.0 Å². The van der Waals surface area contributed by atoms with Gasteiger partial charge < -0.3 is 10.6 Å². The molecule has 0 radical (unpaired) electrons. The highest BCUT2D eigenvalue weighted by atomic mass is 16.2. The van der Waals surface area contributed by atoms with E-state index in [1.165, 1.54) is 0 Å². The van der Waals surface area contributed by atoms with Crippen molar-refractivity contribution in [3.63, 3.8) is 0 Å². The molecule has 2 N–H and O–H groups in total. The van der Waals surface area contributed by atoms with Gasteiger partial charge in [0.2, 0.25) is 5.91 Å². The van der Waals surface area contributed by atoms with Crippen LogP contribution < -0.4 is 10.6 Å². The van der Waals surface area contributed by atoms with E-state index >= 15 is 0 Å². The molecule has 0 fully saturated rings. The number of nitrogens with one attached hydrogen (secondary N) is 2. The molecule has 0 saturated carbocycles. The lowest BCUT2D eigenvalue weighted by Gasteiger charge is -2.19. The van der Waals surface area contributed by atoms with Crippen molar-refractivity contribution in [1.82, 2.24) is 10.6 Å². The molecular weight excluding hydrogens is 152 g/mol. The molecule has 0 bridgehead atoms. The van der Waals surface area contributed by atoms with Gasteiger partial charge in [0.1, 0.15) is 0 Å². The van der Waals surface area contributed by atoms with E-state index in [-0.39, 0.29) is 11.3 Å². The van der Waals surface area contributed by atoms with Crippen LogP contribution in [0.25, 0.3) is 0 Å². The zero-order valence-corrected chi connectivity index (χ0v) is 8.69. The molecule has 72 valence electrons. The molecule has 0 heterocycles. The minimum absolute atomic E-state index is 0.101. The molecule has 0 saturated heterocycles. The van der Waals surface area contributed by atoms with Crippen LogP contribution in [0.1, 0.15) is 27.7 Å². The van der Waals surface area contributed by atoms with Gasteiger partial charge in [0, 0.05) is 18.0 Å². The Kier molecular flexibility index (Phi) is 4.24. The van der Waals surface area contributed by atoms with Gasteiger partial charge in [-0.2, -0.15) is 0 Å². The normalized spacial score (nSPS) is 14.1. The standard InChI is InChI=1S/C9H20N2O/c1-7(10-5)6-11-8(12)9(2,3)4/h7,10H,6H2,1-5H3,(H,11,12). The number of likely N-dealkylation sites (N-methyl/N-ethyl adjacent to an activating group) is 1. The van der Waals surface area contributed by atoms with Crippen LogP contribution in [0.3, 0.4) is 0 Å². The van der Waals surface area contributed by atoms with Gasteiger partial charge in [0.25, 0.3) is 0 Å². The van der Waals surface area contributed by atoms with Crippen LogP contribution in [0.5, 0.6) is 0 Å². The van der Waals surface area contributed by atoms with Crippen LogP contribution in [0.4, 0.5) is 0 Å². The lowest BCUT2D eigenvalue weighted by Crippen LogP contribution is -2.42. The van der Waals surface area contributed by atoms with Crippen LogP contribution in [0.2, 0.25) is 0 Å². The molecule has 3 nitrogen and oxygen atoms in total. The second-order valence-corrected chi connectivity index (χ2v) is 4.15. The van der Waals surface area contributed by atoms with Crippen molar-refractivity contribution in [1.29, 1.82) is 0 Å². The maximum Gasteiger partial charge on any atom is 0.225 e. The second kappa shape index (κ2) is 4.45. The lowest BCUT2D eigenvalue weighted by molar-refractivity contribution is -0.128. The summed E-state index contributed by atoms with van der Waals surface area (Å²) in [7, 11) is 1.88. The number of carbonyl (C=O) groups is 1. The monoisotopic (exact) mass is 172 g/mol. The van der Waals surface area contributed by atoms with Gasteiger partial charge in [-0.15, -0.1) is 0 Å². The number of hydrogen-bond donors (Lipinski definition) is 2. The quantitative estimate of drug-likeness (QED) is 0.660. The molecule has 0 rings (SSSR count). The molecule has 0 aromatic heterocycles. The summed E-state index contributed by atoms with van der Waals surface area (Å²) in [6, 6.07) is 0.330. The van der Waals surface area contributed by atoms with Gasteiger partial charge in [-0.25, -0.2) is 0 Å². The first-order valence-electron chi connectivity index (χ1n) is 4.33. The average molecular weight is 172 g/mol. The van der Waals surface area contributed by atoms with Crippen molar-refractivity contribution in [2.45, 2.75) is 33.7 Å². The van der Waals surface area contributed by atoms with Crippen LogP contribution in [0, 0.1) is 5.41 Å². The van der Waals surface area contributed by atoms with E-state index in [2.05, 4.69) is 10.6 Å². The van der Waals surface area contributed by atoms with Gasteiger partial charge >= 0.3 is 0 Å². The fourth-order valence-corrected chi connectivity index (χ4v) is 0.613. The third-order valence-electron chi connectivity index (χ3n) is 1.74. The Morgan fingerprint density at radius 1 is 1.42 bits per heavy atom. The SMILES string of the molecule is CNC(C)CNC(=O)C(C)(C)C. The van der Waals surface area contributed by atoms with Crippen molar-refractivity contribution < 1.29 is 4.79 Å². The maximum atomic E-state index is 11.3. The summed E-state index contributed by atoms with van der Waals surface area (Å²) in [5.41, 5.74) is -0.284. The summed E-state index contributed by atoms with van der Waals surface area (Å²) < 4.78 is 0. The average Bonchev–Trinajstić information content (AvgIpc) is 1.97. The van der Waals surface area contributed by atoms with Gasteiger partial charge in [-0.1, -0.05) is 20.8 Å². The summed E-state index contributed by atoms with van der Waals surface area (Å²) in [6.07, 6.45) is 0. The fourth-order valence-electron chi connectivity index (χ4n) is 0.613. The molecule has 0 aromatic carbocycles. The number of amides is 1. The van der Waals surface area contributed by atoms with E-state index in [0.29, 0.717) is 12.6 Å². The molecule has 3 heteroatoms. The van der Waals surface area contributed by atoms with E-state index < -0.39 is 0 Å². The number of rotatable bonds is 3. The molecule has 1 unspecified atom stereocenters. The van der Waals surface area contributed by atoms with Gasteiger partial charge in [-0.3, -0.25) is 4.79 Å². The van der Waals surface area contributed by atoms with Gasteiger partial charge in [0.05, 0.1) is 0 Å². The third-order valence-corrected chi connectivity index (χ3v) is 1.74. The Hall–Kier alpha value is -0.570. The van der Waals surface area contributed by atoms with Crippen molar-refractivity contribution >= 4 is 5.91 Å². The third kappa shape index (κ3) is 4.34. The smallest absolute Gasteiger partial charge is 0.225 e. The molecule has 1 amide bonds. The molecule has 0 spiro atoms. The molecule has 12 heavy (non-hydrogen) atoms. The molecule has 1 atom stereocenters. The van der Waals surface area contributed by atoms with Crippen LogP contribution >= 0.6 is 0 Å². The molecular formula is C9H20N2O. The maximum absolute atomic E-state index is 11.3. The Morgan fingerprint density at radius 3 is 2.25 bits per heavy atom. The summed E-state index contributed by atoms with van der Waals surface area (Å²) in [5.74, 6) is 0.101. The fraction of sp³-hybridized carbons (Fsp3) is 0.889. The zero-order chi connectivity index (χ0) is 9.78. The summed E-state index contributed by atoms with van der Waals surface area (Å²) >= 11 is 0.